The van der Waals surface area contributed by atoms with Crippen LogP contribution in [0.25, 0.3) is 5.76 Å². The van der Waals surface area contributed by atoms with Crippen molar-refractivity contribution in [3.8, 4) is 5.75 Å². The first kappa shape index (κ1) is 25.1. The largest absolute Gasteiger partial charge is 0.507 e. The van der Waals surface area contributed by atoms with Gasteiger partial charge in [0.05, 0.1) is 11.6 Å². The normalized spacial score (nSPS) is 17.1. The molecule has 1 saturated heterocycles. The molecule has 0 radical (unpaired) electrons. The number of hydrogen-bond acceptors (Lipinski definition) is 6. The summed E-state index contributed by atoms with van der Waals surface area (Å²) in [4.78, 5) is 33.8. The second-order valence-corrected chi connectivity index (χ2v) is 9.18. The van der Waals surface area contributed by atoms with Gasteiger partial charge in [-0.25, -0.2) is 0 Å². The van der Waals surface area contributed by atoms with E-state index in [0.29, 0.717) is 30.9 Å². The molecule has 1 amide bonds. The van der Waals surface area contributed by atoms with Gasteiger partial charge in [0, 0.05) is 24.5 Å². The van der Waals surface area contributed by atoms with E-state index in [2.05, 4.69) is 4.98 Å². The van der Waals surface area contributed by atoms with Crippen LogP contribution in [0.4, 0.5) is 0 Å². The maximum absolute atomic E-state index is 13.2. The van der Waals surface area contributed by atoms with E-state index in [1.807, 2.05) is 56.3 Å². The summed E-state index contributed by atoms with van der Waals surface area (Å²) in [5.41, 5.74) is 3.15. The zero-order chi connectivity index (χ0) is 25.7. The summed E-state index contributed by atoms with van der Waals surface area (Å²) in [5, 5.41) is 11.3. The number of benzene rings is 2. The van der Waals surface area contributed by atoms with Gasteiger partial charge in [-0.2, -0.15) is 0 Å². The number of carbonyl (C=O) groups excluding carboxylic acids is 2. The van der Waals surface area contributed by atoms with Crippen LogP contribution in [0, 0.1) is 6.92 Å². The molecule has 186 valence electrons. The van der Waals surface area contributed by atoms with Crippen LogP contribution in [0.15, 0.2) is 78.6 Å². The lowest BCUT2D eigenvalue weighted by Gasteiger charge is -2.25. The molecule has 2 aromatic carbocycles. The van der Waals surface area contributed by atoms with Gasteiger partial charge < -0.3 is 19.6 Å². The highest BCUT2D eigenvalue weighted by atomic mass is 16.5. The average Bonchev–Trinajstić information content (AvgIpc) is 3.13. The van der Waals surface area contributed by atoms with E-state index < -0.39 is 17.7 Å². The topological polar surface area (TPSA) is 83.0 Å². The van der Waals surface area contributed by atoms with Crippen LogP contribution in [0.2, 0.25) is 0 Å². The van der Waals surface area contributed by atoms with Gasteiger partial charge in [-0.15, -0.1) is 0 Å². The smallest absolute Gasteiger partial charge is 0.295 e. The number of aromatic nitrogens is 1. The number of ether oxygens (including phenoxy) is 1. The number of amides is 1. The number of aryl methyl sites for hydroxylation is 1. The SMILES string of the molecule is Cc1cc(/C(O)=C2\C(=O)C(=O)N(CCCN(C)C)[C@H]2c2ccncc2)ccc1OCc1ccccc1. The Kier molecular flexibility index (Phi) is 7.80. The zero-order valence-corrected chi connectivity index (χ0v) is 20.8. The van der Waals surface area contributed by atoms with Gasteiger partial charge in [-0.1, -0.05) is 30.3 Å². The molecule has 36 heavy (non-hydrogen) atoms. The molecular weight excluding hydrogens is 454 g/mol. The van der Waals surface area contributed by atoms with Crippen molar-refractivity contribution >= 4 is 17.4 Å². The van der Waals surface area contributed by atoms with E-state index in [0.717, 1.165) is 23.2 Å². The van der Waals surface area contributed by atoms with E-state index in [4.69, 9.17) is 4.74 Å². The first-order valence-electron chi connectivity index (χ1n) is 12.0. The van der Waals surface area contributed by atoms with Crippen LogP contribution in [-0.2, 0) is 16.2 Å². The van der Waals surface area contributed by atoms with Crippen LogP contribution in [0.5, 0.6) is 5.75 Å². The summed E-state index contributed by atoms with van der Waals surface area (Å²) < 4.78 is 5.95. The second kappa shape index (κ2) is 11.2. The lowest BCUT2D eigenvalue weighted by atomic mass is 9.95. The van der Waals surface area contributed by atoms with E-state index in [1.165, 1.54) is 0 Å². The fraction of sp³-hybridized carbons (Fsp3) is 0.276. The van der Waals surface area contributed by atoms with E-state index in [-0.39, 0.29) is 11.3 Å². The Morgan fingerprint density at radius 1 is 1.06 bits per heavy atom. The fourth-order valence-corrected chi connectivity index (χ4v) is 4.41. The lowest BCUT2D eigenvalue weighted by molar-refractivity contribution is -0.139. The molecule has 4 rings (SSSR count). The molecule has 0 saturated carbocycles. The third kappa shape index (κ3) is 5.47. The molecule has 1 atom stereocenters. The Bertz CT molecular complexity index is 1260. The number of rotatable bonds is 9. The van der Waals surface area contributed by atoms with Crippen molar-refractivity contribution in [1.29, 1.82) is 0 Å². The minimum atomic E-state index is -0.679. The fourth-order valence-electron chi connectivity index (χ4n) is 4.41. The van der Waals surface area contributed by atoms with Crippen molar-refractivity contribution < 1.29 is 19.4 Å². The molecule has 1 fully saturated rings. The first-order chi connectivity index (χ1) is 17.4. The van der Waals surface area contributed by atoms with E-state index in [9.17, 15) is 14.7 Å². The molecular formula is C29H31N3O4. The quantitative estimate of drug-likeness (QED) is 0.276. The summed E-state index contributed by atoms with van der Waals surface area (Å²) in [5.74, 6) is -0.786. The summed E-state index contributed by atoms with van der Waals surface area (Å²) in [6.45, 7) is 3.48. The van der Waals surface area contributed by atoms with Crippen LogP contribution in [-0.4, -0.2) is 58.8 Å². The highest BCUT2D eigenvalue weighted by Crippen LogP contribution is 2.39. The predicted octanol–water partition coefficient (Wildman–Crippen LogP) is 4.34. The number of Topliss-reactive ketones (excluding diaryl/α,β-unsaturated/α-hetero) is 1. The molecule has 1 aromatic heterocycles. The molecule has 1 aliphatic heterocycles. The third-order valence-electron chi connectivity index (χ3n) is 6.25. The Morgan fingerprint density at radius 3 is 2.44 bits per heavy atom. The third-order valence-corrected chi connectivity index (χ3v) is 6.25. The van der Waals surface area contributed by atoms with Crippen LogP contribution >= 0.6 is 0 Å². The second-order valence-electron chi connectivity index (χ2n) is 9.18. The summed E-state index contributed by atoms with van der Waals surface area (Å²) in [7, 11) is 3.92. The summed E-state index contributed by atoms with van der Waals surface area (Å²) in [6, 6.07) is 18.0. The molecule has 7 heteroatoms. The number of likely N-dealkylation sites (tertiary alicyclic amines) is 1. The number of aliphatic hydroxyl groups is 1. The van der Waals surface area contributed by atoms with Crippen molar-refractivity contribution in [2.45, 2.75) is 26.0 Å². The van der Waals surface area contributed by atoms with Gasteiger partial charge in [0.15, 0.2) is 0 Å². The van der Waals surface area contributed by atoms with Gasteiger partial charge in [0.25, 0.3) is 11.7 Å². The Hall–Kier alpha value is -3.97. The van der Waals surface area contributed by atoms with Gasteiger partial charge in [0.2, 0.25) is 0 Å². The number of pyridine rings is 1. The highest BCUT2D eigenvalue weighted by molar-refractivity contribution is 6.46. The number of carbonyl (C=O) groups is 2. The summed E-state index contributed by atoms with van der Waals surface area (Å²) >= 11 is 0. The van der Waals surface area contributed by atoms with E-state index >= 15 is 0 Å². The first-order valence-corrected chi connectivity index (χ1v) is 12.0. The maximum atomic E-state index is 13.2. The molecule has 1 aliphatic rings. The molecule has 0 spiro atoms. The van der Waals surface area contributed by atoms with Gasteiger partial charge in [0.1, 0.15) is 18.1 Å². The Labute approximate surface area is 211 Å². The van der Waals surface area contributed by atoms with Crippen molar-refractivity contribution in [3.63, 3.8) is 0 Å². The monoisotopic (exact) mass is 485 g/mol. The maximum Gasteiger partial charge on any atom is 0.295 e. The number of aliphatic hydroxyl groups excluding tert-OH is 1. The number of ketones is 1. The van der Waals surface area contributed by atoms with E-state index in [1.54, 1.807) is 47.6 Å². The minimum Gasteiger partial charge on any atom is -0.507 e. The molecule has 1 N–H and O–H groups in total. The lowest BCUT2D eigenvalue weighted by Crippen LogP contribution is -2.32. The van der Waals surface area contributed by atoms with Gasteiger partial charge in [-0.05, 0) is 81.0 Å². The van der Waals surface area contributed by atoms with Gasteiger partial charge >= 0.3 is 0 Å². The van der Waals surface area contributed by atoms with Crippen molar-refractivity contribution in [1.82, 2.24) is 14.8 Å². The Balaban J connectivity index is 1.66. The molecule has 7 nitrogen and oxygen atoms in total. The molecule has 0 bridgehead atoms. The van der Waals surface area contributed by atoms with Crippen molar-refractivity contribution in [2.24, 2.45) is 0 Å². The summed E-state index contributed by atoms with van der Waals surface area (Å²) in [6.07, 6.45) is 3.95. The highest BCUT2D eigenvalue weighted by Gasteiger charge is 2.45. The molecule has 0 unspecified atom stereocenters. The molecule has 2 heterocycles. The number of hydrogen-bond donors (Lipinski definition) is 1. The number of nitrogens with zero attached hydrogens (tertiary/aromatic N) is 3. The molecule has 3 aromatic rings. The van der Waals surface area contributed by atoms with Crippen LogP contribution in [0.3, 0.4) is 0 Å². The van der Waals surface area contributed by atoms with Crippen molar-refractivity contribution in [3.05, 3.63) is 101 Å². The minimum absolute atomic E-state index is 0.0911. The van der Waals surface area contributed by atoms with Crippen molar-refractivity contribution in [2.75, 3.05) is 27.2 Å². The Morgan fingerprint density at radius 2 is 1.78 bits per heavy atom. The standard InChI is InChI=1S/C29H31N3O4/c1-20-18-23(10-11-24(20)36-19-21-8-5-4-6-9-21)27(33)25-26(22-12-14-30-15-13-22)32(29(35)28(25)34)17-7-16-31(2)3/h4-6,8-15,18,26,33H,7,16-17,19H2,1-3H3/b27-25+/t26-/m0/s1. The molecule has 0 aliphatic carbocycles. The average molecular weight is 486 g/mol. The van der Waals surface area contributed by atoms with Crippen LogP contribution in [0.1, 0.15) is 34.7 Å². The predicted molar refractivity (Wildman–Crippen MR) is 138 cm³/mol. The van der Waals surface area contributed by atoms with Crippen LogP contribution < -0.4 is 4.74 Å². The van der Waals surface area contributed by atoms with Gasteiger partial charge in [-0.3, -0.25) is 14.6 Å². The zero-order valence-electron chi connectivity index (χ0n) is 20.8.